The molecule has 0 atom stereocenters. The lowest BCUT2D eigenvalue weighted by Gasteiger charge is -2.10. The standard InChI is InChI=1S/C92H66N16O4/c1-53-29-37-93-77(45-53)81-49-61(33-41-97-81)89(109)101-65-13-5-57(6-14-65)85-69-21-23-71(105-69)86(58-7-15-66(16-8-58)102-90(110)62-34-42-98-82(50-62)78-46-54(2)30-38-94-78)73-25-27-75(107-73)88(60-11-19-68(20-12-60)104-92(112)64-36-44-100-84(52-64)80-48-56(4)32-40-96-80)76-28-26-74(108-76)87(72-24-22-70(85)106-72)59-9-17-67(18-10-59)103-91(111)63-35-43-99-83(51-63)79-47-55(3)31-39-95-79/h5-52,105,108H,1-4H3,(H,101,109)(H,102,110)(H,103,111)(H,104,112). The molecule has 0 saturated heterocycles. The topological polar surface area (TPSA) is 277 Å². The van der Waals surface area contributed by atoms with Crippen molar-refractivity contribution in [1.29, 1.82) is 0 Å². The minimum absolute atomic E-state index is 0.318. The van der Waals surface area contributed by atoms with E-state index in [0.29, 0.717) is 113 Å². The molecule has 13 heterocycles. The second kappa shape index (κ2) is 30.1. The highest BCUT2D eigenvalue weighted by molar-refractivity contribution is 6.09. The van der Waals surface area contributed by atoms with Gasteiger partial charge in [0.05, 0.1) is 68.3 Å². The normalized spacial score (nSPS) is 11.5. The number of benzene rings is 4. The fourth-order valence-electron chi connectivity index (χ4n) is 13.7. The van der Waals surface area contributed by atoms with E-state index in [1.165, 1.54) is 0 Å². The van der Waals surface area contributed by atoms with Gasteiger partial charge in [-0.25, -0.2) is 9.97 Å². The number of aromatic nitrogens is 12. The SMILES string of the molecule is Cc1ccnc(-c2cc(C(=O)Nc3ccc(-c4c5nc(c(-c6ccc(NC(=O)c7ccnc(-c8cc(C)ccn8)c7)cc6)c6ccc([nH]6)c(-c6ccc(NC(=O)c7ccnc(-c8cc(C)ccn8)c7)cc6)c6nc(c(-c7ccc(NC(=O)c8ccnc(-c9cc(C)ccn9)c8)cc7)c7ccc4[nH]7)C=C6)C=C5)cc3)ccn2)c1. The van der Waals surface area contributed by atoms with Gasteiger partial charge < -0.3 is 31.2 Å². The van der Waals surface area contributed by atoms with E-state index in [2.05, 4.69) is 71.1 Å². The molecule has 112 heavy (non-hydrogen) atoms. The third-order valence-corrected chi connectivity index (χ3v) is 19.3. The highest BCUT2D eigenvalue weighted by Crippen LogP contribution is 2.40. The van der Waals surface area contributed by atoms with E-state index in [0.717, 1.165) is 88.8 Å². The van der Waals surface area contributed by atoms with Gasteiger partial charge in [0.25, 0.3) is 23.6 Å². The van der Waals surface area contributed by atoms with Gasteiger partial charge in [-0.05, 0) is 266 Å². The number of anilines is 4. The lowest BCUT2D eigenvalue weighted by atomic mass is 10.0. The van der Waals surface area contributed by atoms with Crippen molar-refractivity contribution in [3.8, 4) is 90.1 Å². The van der Waals surface area contributed by atoms with E-state index in [-0.39, 0.29) is 23.6 Å². The summed E-state index contributed by atoms with van der Waals surface area (Å²) in [6, 6.07) is 67.7. The fourth-order valence-corrected chi connectivity index (χ4v) is 13.7. The van der Waals surface area contributed by atoms with Gasteiger partial charge in [-0.15, -0.1) is 0 Å². The number of nitrogens with one attached hydrogen (secondary N) is 6. The number of aromatic amines is 2. The smallest absolute Gasteiger partial charge is 0.255 e. The number of carbonyl (C=O) groups excluding carboxylic acids is 4. The molecule has 0 radical (unpaired) electrons. The molecule has 20 nitrogen and oxygen atoms in total. The van der Waals surface area contributed by atoms with Crippen LogP contribution in [0.15, 0.2) is 268 Å². The second-order valence-corrected chi connectivity index (χ2v) is 27.2. The summed E-state index contributed by atoms with van der Waals surface area (Å²) in [5, 5.41) is 12.4. The molecule has 11 aromatic heterocycles. The van der Waals surface area contributed by atoms with E-state index in [4.69, 9.17) is 9.97 Å². The van der Waals surface area contributed by atoms with Gasteiger partial charge in [0, 0.05) is 139 Å². The van der Waals surface area contributed by atoms with Gasteiger partial charge in [0.15, 0.2) is 0 Å². The van der Waals surface area contributed by atoms with Gasteiger partial charge in [-0.1, -0.05) is 48.5 Å². The average molecular weight is 1460 g/mol. The Kier molecular flexibility index (Phi) is 18.7. The van der Waals surface area contributed by atoms with Crippen LogP contribution in [0, 0.1) is 27.7 Å². The molecule has 20 heteroatoms. The Balaban J connectivity index is 0.796. The first-order valence-electron chi connectivity index (χ1n) is 36.1. The summed E-state index contributed by atoms with van der Waals surface area (Å²) < 4.78 is 0. The molecule has 8 bridgehead atoms. The van der Waals surface area contributed by atoms with Gasteiger partial charge in [0.1, 0.15) is 0 Å². The van der Waals surface area contributed by atoms with Crippen molar-refractivity contribution in [2.75, 3.05) is 21.3 Å². The number of H-pyrrole nitrogens is 2. The molecule has 17 rings (SSSR count). The maximum atomic E-state index is 14.1. The van der Waals surface area contributed by atoms with E-state index in [1.54, 1.807) is 98.1 Å². The minimum atomic E-state index is -0.318. The first-order chi connectivity index (χ1) is 54.7. The summed E-state index contributed by atoms with van der Waals surface area (Å²) in [6.45, 7) is 7.93. The maximum Gasteiger partial charge on any atom is 0.255 e. The Labute approximate surface area is 642 Å². The number of amides is 4. The molecular weight excluding hydrogens is 1390 g/mol. The minimum Gasteiger partial charge on any atom is -0.354 e. The summed E-state index contributed by atoms with van der Waals surface area (Å²) in [7, 11) is 0. The molecule has 4 aromatic carbocycles. The van der Waals surface area contributed by atoms with Crippen molar-refractivity contribution in [1.82, 2.24) is 59.8 Å². The largest absolute Gasteiger partial charge is 0.354 e. The number of aryl methyl sites for hydroxylation is 4. The number of hydrogen-bond donors (Lipinski definition) is 6. The summed E-state index contributed by atoms with van der Waals surface area (Å²) >= 11 is 0. The highest BCUT2D eigenvalue weighted by atomic mass is 16.2. The zero-order valence-corrected chi connectivity index (χ0v) is 60.8. The Hall–Kier alpha value is -15.4. The lowest BCUT2D eigenvalue weighted by molar-refractivity contribution is 0.101. The molecule has 0 fully saturated rings. The van der Waals surface area contributed by atoms with Crippen LogP contribution in [0.4, 0.5) is 22.7 Å². The number of pyridine rings is 8. The van der Waals surface area contributed by atoms with Crippen LogP contribution in [-0.4, -0.2) is 83.4 Å². The van der Waals surface area contributed by atoms with Gasteiger partial charge >= 0.3 is 0 Å². The quantitative estimate of drug-likeness (QED) is 0.0525. The van der Waals surface area contributed by atoms with E-state index >= 15 is 0 Å². The number of carbonyl (C=O) groups is 4. The van der Waals surface area contributed by atoms with Crippen molar-refractivity contribution in [2.24, 2.45) is 0 Å². The zero-order chi connectivity index (χ0) is 76.3. The highest BCUT2D eigenvalue weighted by Gasteiger charge is 2.23. The third-order valence-electron chi connectivity index (χ3n) is 19.3. The van der Waals surface area contributed by atoms with E-state index in [9.17, 15) is 19.2 Å². The van der Waals surface area contributed by atoms with Crippen LogP contribution in [-0.2, 0) is 0 Å². The summed E-state index contributed by atoms with van der Waals surface area (Å²) in [4.78, 5) is 111. The molecule has 6 N–H and O–H groups in total. The maximum absolute atomic E-state index is 14.1. The first-order valence-corrected chi connectivity index (χ1v) is 36.1. The lowest BCUT2D eigenvalue weighted by Crippen LogP contribution is -2.12. The molecule has 0 saturated carbocycles. The van der Waals surface area contributed by atoms with Crippen molar-refractivity contribution in [3.05, 3.63) is 335 Å². The van der Waals surface area contributed by atoms with Crippen molar-refractivity contribution >= 4 is 92.7 Å². The van der Waals surface area contributed by atoms with Gasteiger partial charge in [-0.2, -0.15) is 0 Å². The molecule has 15 aromatic rings. The number of hydrogen-bond acceptors (Lipinski definition) is 14. The molecular formula is C92H66N16O4. The Morgan fingerprint density at radius 3 is 0.643 bits per heavy atom. The van der Waals surface area contributed by atoms with Crippen LogP contribution in [0.5, 0.6) is 0 Å². The molecule has 0 spiro atoms. The molecule has 0 unspecified atom stereocenters. The molecule has 2 aliphatic rings. The van der Waals surface area contributed by atoms with E-state index in [1.807, 2.05) is 222 Å². The number of rotatable bonds is 16. The first kappa shape index (κ1) is 69.6. The van der Waals surface area contributed by atoms with Gasteiger partial charge in [-0.3, -0.25) is 59.0 Å². The number of nitrogens with zero attached hydrogens (tertiary/aromatic N) is 10. The van der Waals surface area contributed by atoms with Gasteiger partial charge in [0.2, 0.25) is 0 Å². The molecule has 4 amide bonds. The average Bonchev–Trinajstić information content (AvgIpc) is 1.67. The Bertz CT molecular complexity index is 5750. The van der Waals surface area contributed by atoms with Crippen LogP contribution in [0.25, 0.3) is 136 Å². The fraction of sp³-hybridized carbons (Fsp3) is 0.0435. The van der Waals surface area contributed by atoms with Crippen LogP contribution >= 0.6 is 0 Å². The molecule has 538 valence electrons. The summed E-state index contributed by atoms with van der Waals surface area (Å²) in [5.41, 5.74) is 24.5. The monoisotopic (exact) mass is 1460 g/mol. The Morgan fingerprint density at radius 1 is 0.241 bits per heavy atom. The Morgan fingerprint density at radius 2 is 0.438 bits per heavy atom. The summed E-state index contributed by atoms with van der Waals surface area (Å²) in [5.74, 6) is -1.27. The molecule has 2 aliphatic heterocycles. The van der Waals surface area contributed by atoms with Crippen molar-refractivity contribution < 1.29 is 19.2 Å². The van der Waals surface area contributed by atoms with Crippen LogP contribution in [0.1, 0.15) is 86.5 Å². The van der Waals surface area contributed by atoms with E-state index < -0.39 is 0 Å². The predicted octanol–water partition coefficient (Wildman–Crippen LogP) is 19.4. The third kappa shape index (κ3) is 14.8. The molecule has 0 aliphatic carbocycles. The van der Waals surface area contributed by atoms with Crippen LogP contribution in [0.3, 0.4) is 0 Å². The number of fused-ring (bicyclic) bond motifs is 8. The van der Waals surface area contributed by atoms with Crippen LogP contribution < -0.4 is 21.3 Å². The van der Waals surface area contributed by atoms with Crippen molar-refractivity contribution in [2.45, 2.75) is 27.7 Å². The second-order valence-electron chi connectivity index (χ2n) is 27.2. The zero-order valence-electron chi connectivity index (χ0n) is 60.8. The predicted molar refractivity (Wildman–Crippen MR) is 441 cm³/mol. The van der Waals surface area contributed by atoms with Crippen LogP contribution in [0.2, 0.25) is 0 Å². The summed E-state index contributed by atoms with van der Waals surface area (Å²) in [6.07, 6.45) is 21.3. The van der Waals surface area contributed by atoms with Crippen molar-refractivity contribution in [3.63, 3.8) is 0 Å².